The number of carbonyl (C=O) groups is 2. The van der Waals surface area contributed by atoms with Crippen molar-refractivity contribution < 1.29 is 9.59 Å². The summed E-state index contributed by atoms with van der Waals surface area (Å²) in [5, 5.41) is 4.47. The Hall–Kier alpha value is -3.74. The monoisotopic (exact) mass is 480 g/mol. The average molecular weight is 481 g/mol. The minimum atomic E-state index is -1.11. The largest absolute Gasteiger partial charge is 0.361 e. The van der Waals surface area contributed by atoms with Crippen molar-refractivity contribution in [2.45, 2.75) is 18.5 Å². The van der Waals surface area contributed by atoms with Crippen LogP contribution in [0.5, 0.6) is 0 Å². The highest BCUT2D eigenvalue weighted by atomic mass is 16.2. The number of rotatable bonds is 8. The Morgan fingerprint density at radius 3 is 2.25 bits per heavy atom. The summed E-state index contributed by atoms with van der Waals surface area (Å²) in [5.41, 5.74) is 2.78. The van der Waals surface area contributed by atoms with Gasteiger partial charge in [-0.15, -0.1) is 0 Å². The Kier molecular flexibility index (Phi) is 6.98. The predicted molar refractivity (Wildman–Crippen MR) is 142 cm³/mol. The van der Waals surface area contributed by atoms with Gasteiger partial charge in [0.15, 0.2) is 0 Å². The number of amides is 1. The second kappa shape index (κ2) is 10.5. The minimum absolute atomic E-state index is 0.380. The molecule has 2 heterocycles. The second-order valence-corrected chi connectivity index (χ2v) is 9.48. The van der Waals surface area contributed by atoms with Gasteiger partial charge in [0.05, 0.1) is 0 Å². The van der Waals surface area contributed by atoms with Crippen molar-refractivity contribution in [2.75, 3.05) is 33.2 Å². The van der Waals surface area contributed by atoms with Gasteiger partial charge >= 0.3 is 0 Å². The first-order valence-corrected chi connectivity index (χ1v) is 12.5. The van der Waals surface area contributed by atoms with Crippen LogP contribution in [0.4, 0.5) is 0 Å². The number of Topliss-reactive ketones (excluding diaryl/α,β-unsaturated/α-hetero) is 1. The lowest BCUT2D eigenvalue weighted by Crippen LogP contribution is -2.62. The fourth-order valence-electron chi connectivity index (χ4n) is 5.34. The third kappa shape index (κ3) is 4.57. The van der Waals surface area contributed by atoms with Gasteiger partial charge < -0.3 is 15.2 Å². The number of fused-ring (bicyclic) bond motifs is 1. The number of piperazine rings is 1. The van der Waals surface area contributed by atoms with Crippen LogP contribution in [0.25, 0.3) is 10.9 Å². The molecule has 1 aliphatic heterocycles. The van der Waals surface area contributed by atoms with E-state index in [1.54, 1.807) is 11.9 Å². The summed E-state index contributed by atoms with van der Waals surface area (Å²) in [7, 11) is 1.71. The number of H-pyrrole nitrogens is 1. The van der Waals surface area contributed by atoms with Crippen molar-refractivity contribution in [1.29, 1.82) is 0 Å². The van der Waals surface area contributed by atoms with Gasteiger partial charge in [-0.1, -0.05) is 78.9 Å². The molecule has 1 saturated heterocycles. The molecular formula is C30H32N4O2. The molecule has 5 rings (SSSR count). The molecular weight excluding hydrogens is 448 g/mol. The van der Waals surface area contributed by atoms with E-state index in [-0.39, 0.29) is 5.78 Å². The third-order valence-electron chi connectivity index (χ3n) is 7.21. The fraction of sp³-hybridized carbons (Fsp3) is 0.267. The molecule has 36 heavy (non-hydrogen) atoms. The molecule has 6 heteroatoms. The molecule has 0 radical (unpaired) electrons. The first kappa shape index (κ1) is 24.0. The number of hydrogen-bond donors (Lipinski definition) is 2. The van der Waals surface area contributed by atoms with E-state index in [0.717, 1.165) is 40.7 Å². The lowest BCUT2D eigenvalue weighted by Gasteiger charge is -2.45. The van der Waals surface area contributed by atoms with Crippen molar-refractivity contribution >= 4 is 22.6 Å². The zero-order valence-electron chi connectivity index (χ0n) is 20.6. The molecule has 1 fully saturated rings. The molecule has 0 aliphatic carbocycles. The number of para-hydroxylation sites is 1. The van der Waals surface area contributed by atoms with E-state index in [9.17, 15) is 9.59 Å². The highest BCUT2D eigenvalue weighted by Gasteiger charge is 2.49. The van der Waals surface area contributed by atoms with E-state index < -0.39 is 11.4 Å². The van der Waals surface area contributed by atoms with Gasteiger partial charge in [0.2, 0.25) is 5.78 Å². The fourth-order valence-corrected chi connectivity index (χ4v) is 5.34. The van der Waals surface area contributed by atoms with Crippen LogP contribution in [0, 0.1) is 0 Å². The van der Waals surface area contributed by atoms with Crippen LogP contribution in [-0.4, -0.2) is 59.7 Å². The second-order valence-electron chi connectivity index (χ2n) is 9.48. The summed E-state index contributed by atoms with van der Waals surface area (Å²) in [6, 6.07) is 27.7. The number of ketones is 1. The van der Waals surface area contributed by atoms with Crippen LogP contribution in [0.2, 0.25) is 0 Å². The zero-order chi connectivity index (χ0) is 25.0. The molecule has 0 bridgehead atoms. The van der Waals surface area contributed by atoms with E-state index in [1.807, 2.05) is 85.1 Å². The SMILES string of the molecule is CN(Cc1ccccc1)C(=O)C(=O)C(Cc1c[nH]c2ccccc12)(c1ccccc1)N1CCNCC1. The number of nitrogens with zero attached hydrogens (tertiary/aromatic N) is 2. The molecule has 6 nitrogen and oxygen atoms in total. The van der Waals surface area contributed by atoms with E-state index >= 15 is 0 Å². The maximum Gasteiger partial charge on any atom is 0.292 e. The number of aromatic nitrogens is 1. The summed E-state index contributed by atoms with van der Waals surface area (Å²) in [6.07, 6.45) is 2.39. The van der Waals surface area contributed by atoms with Crippen molar-refractivity contribution in [1.82, 2.24) is 20.1 Å². The van der Waals surface area contributed by atoms with Crippen molar-refractivity contribution in [3.63, 3.8) is 0 Å². The highest BCUT2D eigenvalue weighted by Crippen LogP contribution is 2.37. The van der Waals surface area contributed by atoms with E-state index in [1.165, 1.54) is 0 Å². The molecule has 1 aromatic heterocycles. The summed E-state index contributed by atoms with van der Waals surface area (Å²) in [6.45, 7) is 3.27. The molecule has 184 valence electrons. The van der Waals surface area contributed by atoms with Gasteiger partial charge in [0, 0.05) is 63.3 Å². The van der Waals surface area contributed by atoms with Crippen LogP contribution < -0.4 is 5.32 Å². The van der Waals surface area contributed by atoms with Gasteiger partial charge in [-0.3, -0.25) is 14.5 Å². The van der Waals surface area contributed by atoms with Crippen LogP contribution >= 0.6 is 0 Å². The lowest BCUT2D eigenvalue weighted by atomic mass is 9.77. The molecule has 1 atom stereocenters. The highest BCUT2D eigenvalue weighted by molar-refractivity contribution is 6.39. The van der Waals surface area contributed by atoms with Gasteiger partial charge in [-0.25, -0.2) is 0 Å². The maximum atomic E-state index is 14.5. The average Bonchev–Trinajstić information content (AvgIpc) is 3.35. The lowest BCUT2D eigenvalue weighted by molar-refractivity contribution is -0.152. The number of carbonyl (C=O) groups excluding carboxylic acids is 2. The molecule has 0 spiro atoms. The molecule has 4 aromatic rings. The zero-order valence-corrected chi connectivity index (χ0v) is 20.6. The van der Waals surface area contributed by atoms with Crippen molar-refractivity contribution in [3.8, 4) is 0 Å². The van der Waals surface area contributed by atoms with Crippen LogP contribution in [0.1, 0.15) is 16.7 Å². The normalized spacial score (nSPS) is 15.9. The van der Waals surface area contributed by atoms with Gasteiger partial charge in [-0.05, 0) is 22.8 Å². The molecule has 1 aliphatic rings. The quantitative estimate of drug-likeness (QED) is 0.377. The molecule has 2 N–H and O–H groups in total. The third-order valence-corrected chi connectivity index (χ3v) is 7.21. The molecule has 0 saturated carbocycles. The van der Waals surface area contributed by atoms with Crippen molar-refractivity contribution in [2.24, 2.45) is 0 Å². The number of likely N-dealkylation sites (N-methyl/N-ethyl adjacent to an activating group) is 1. The molecule has 1 amide bonds. The minimum Gasteiger partial charge on any atom is -0.361 e. The van der Waals surface area contributed by atoms with E-state index in [4.69, 9.17) is 0 Å². The Balaban J connectivity index is 1.60. The van der Waals surface area contributed by atoms with Gasteiger partial charge in [0.25, 0.3) is 5.91 Å². The topological polar surface area (TPSA) is 68.4 Å². The Bertz CT molecular complexity index is 1330. The summed E-state index contributed by atoms with van der Waals surface area (Å²) in [4.78, 5) is 35.4. The number of hydrogen-bond acceptors (Lipinski definition) is 4. The van der Waals surface area contributed by atoms with E-state index in [2.05, 4.69) is 21.3 Å². The molecule has 1 unspecified atom stereocenters. The molecule has 3 aromatic carbocycles. The van der Waals surface area contributed by atoms with Gasteiger partial charge in [-0.2, -0.15) is 0 Å². The van der Waals surface area contributed by atoms with Crippen LogP contribution in [-0.2, 0) is 28.1 Å². The summed E-state index contributed by atoms with van der Waals surface area (Å²) in [5.74, 6) is -0.861. The van der Waals surface area contributed by atoms with Crippen molar-refractivity contribution in [3.05, 3.63) is 108 Å². The number of aromatic amines is 1. The smallest absolute Gasteiger partial charge is 0.292 e. The van der Waals surface area contributed by atoms with Crippen LogP contribution in [0.3, 0.4) is 0 Å². The number of nitrogens with one attached hydrogen (secondary N) is 2. The van der Waals surface area contributed by atoms with E-state index in [0.29, 0.717) is 26.1 Å². The predicted octanol–water partition coefficient (Wildman–Crippen LogP) is 3.74. The Labute approximate surface area is 211 Å². The Morgan fingerprint density at radius 2 is 1.53 bits per heavy atom. The Morgan fingerprint density at radius 1 is 0.889 bits per heavy atom. The first-order chi connectivity index (χ1) is 17.6. The summed E-state index contributed by atoms with van der Waals surface area (Å²) >= 11 is 0. The number of benzene rings is 3. The first-order valence-electron chi connectivity index (χ1n) is 12.5. The summed E-state index contributed by atoms with van der Waals surface area (Å²) < 4.78 is 0. The van der Waals surface area contributed by atoms with Gasteiger partial charge in [0.1, 0.15) is 5.54 Å². The maximum absolute atomic E-state index is 14.5. The van der Waals surface area contributed by atoms with Crippen LogP contribution in [0.15, 0.2) is 91.1 Å². The standard InChI is InChI=1S/C30H32N4O2/c1-33(22-23-10-4-2-5-11-23)29(36)28(35)30(25-12-6-3-7-13-25,34-18-16-31-17-19-34)20-24-21-32-27-15-9-8-14-26(24)27/h2-15,21,31-32H,16-20,22H2,1H3.